The molecule has 0 spiro atoms. The first kappa shape index (κ1) is 16.5. The highest BCUT2D eigenvalue weighted by Gasteiger charge is 2.28. The van der Waals surface area contributed by atoms with Crippen molar-refractivity contribution in [3.63, 3.8) is 0 Å². The fourth-order valence-electron chi connectivity index (χ4n) is 4.31. The number of piperidine rings is 2. The number of rotatable bonds is 3. The van der Waals surface area contributed by atoms with Crippen molar-refractivity contribution in [3.05, 3.63) is 35.9 Å². The molecule has 0 bridgehead atoms. The zero-order valence-corrected chi connectivity index (χ0v) is 14.6. The predicted octanol–water partition coefficient (Wildman–Crippen LogP) is 3.37. The highest BCUT2D eigenvalue weighted by atomic mass is 16.2. The third-order valence-corrected chi connectivity index (χ3v) is 5.44. The van der Waals surface area contributed by atoms with Crippen LogP contribution in [0.2, 0.25) is 0 Å². The van der Waals surface area contributed by atoms with Gasteiger partial charge in [0.1, 0.15) is 0 Å². The minimum Gasteiger partial charge on any atom is -0.341 e. The molecule has 0 aromatic heterocycles. The highest BCUT2D eigenvalue weighted by Crippen LogP contribution is 2.28. The predicted molar refractivity (Wildman–Crippen MR) is 94.4 cm³/mol. The van der Waals surface area contributed by atoms with Gasteiger partial charge >= 0.3 is 0 Å². The van der Waals surface area contributed by atoms with Gasteiger partial charge in [-0.2, -0.15) is 0 Å². The molecular weight excluding hydrogens is 284 g/mol. The molecule has 2 atom stereocenters. The van der Waals surface area contributed by atoms with E-state index in [0.29, 0.717) is 30.2 Å². The van der Waals surface area contributed by atoms with Crippen LogP contribution in [-0.2, 0) is 4.79 Å². The number of carbonyl (C=O) groups is 1. The van der Waals surface area contributed by atoms with E-state index >= 15 is 0 Å². The van der Waals surface area contributed by atoms with Gasteiger partial charge in [-0.15, -0.1) is 0 Å². The molecule has 2 heterocycles. The van der Waals surface area contributed by atoms with Gasteiger partial charge in [-0.3, -0.25) is 9.69 Å². The molecule has 2 unspecified atom stereocenters. The lowest BCUT2D eigenvalue weighted by Gasteiger charge is -2.37. The molecule has 3 heteroatoms. The first-order valence-corrected chi connectivity index (χ1v) is 9.17. The third kappa shape index (κ3) is 4.35. The van der Waals surface area contributed by atoms with Crippen molar-refractivity contribution in [2.45, 2.75) is 39.0 Å². The van der Waals surface area contributed by atoms with Crippen molar-refractivity contribution < 1.29 is 4.79 Å². The lowest BCUT2D eigenvalue weighted by atomic mass is 9.89. The summed E-state index contributed by atoms with van der Waals surface area (Å²) < 4.78 is 0. The Bertz CT molecular complexity index is 498. The largest absolute Gasteiger partial charge is 0.341 e. The molecule has 2 aliphatic rings. The smallest absolute Gasteiger partial charge is 0.236 e. The first-order valence-electron chi connectivity index (χ1n) is 9.17. The molecule has 0 N–H and O–H groups in total. The molecule has 126 valence electrons. The van der Waals surface area contributed by atoms with Gasteiger partial charge in [0.05, 0.1) is 6.54 Å². The summed E-state index contributed by atoms with van der Waals surface area (Å²) in [7, 11) is 0. The van der Waals surface area contributed by atoms with Gasteiger partial charge in [0.2, 0.25) is 5.91 Å². The lowest BCUT2D eigenvalue weighted by molar-refractivity contribution is -0.135. The van der Waals surface area contributed by atoms with Crippen molar-refractivity contribution in [3.8, 4) is 0 Å². The molecule has 3 nitrogen and oxygen atoms in total. The van der Waals surface area contributed by atoms with Crippen molar-refractivity contribution in [1.82, 2.24) is 9.80 Å². The summed E-state index contributed by atoms with van der Waals surface area (Å²) in [5.41, 5.74) is 1.46. The topological polar surface area (TPSA) is 23.6 Å². The van der Waals surface area contributed by atoms with E-state index in [-0.39, 0.29) is 0 Å². The number of nitrogens with zero attached hydrogens (tertiary/aromatic N) is 2. The molecule has 1 aromatic carbocycles. The molecule has 0 aliphatic carbocycles. The molecule has 1 aromatic rings. The zero-order valence-electron chi connectivity index (χ0n) is 14.6. The number of hydrogen-bond acceptors (Lipinski definition) is 2. The molecule has 2 aliphatic heterocycles. The van der Waals surface area contributed by atoms with E-state index in [2.05, 4.69) is 54.0 Å². The van der Waals surface area contributed by atoms with Gasteiger partial charge in [-0.25, -0.2) is 0 Å². The minimum atomic E-state index is 0.335. The summed E-state index contributed by atoms with van der Waals surface area (Å²) in [4.78, 5) is 17.0. The average molecular weight is 314 g/mol. The maximum Gasteiger partial charge on any atom is 0.236 e. The van der Waals surface area contributed by atoms with Crippen LogP contribution in [0.15, 0.2) is 30.3 Å². The molecule has 0 saturated carbocycles. The molecular formula is C20H30N2O. The Balaban J connectivity index is 1.48. The number of benzene rings is 1. The Morgan fingerprint density at radius 1 is 1.04 bits per heavy atom. The molecule has 23 heavy (non-hydrogen) atoms. The normalized spacial score (nSPS) is 27.1. The Kier molecular flexibility index (Phi) is 5.37. The van der Waals surface area contributed by atoms with E-state index in [4.69, 9.17) is 0 Å². The van der Waals surface area contributed by atoms with Gasteiger partial charge in [-0.1, -0.05) is 44.2 Å². The Labute approximate surface area is 140 Å². The molecule has 2 saturated heterocycles. The quantitative estimate of drug-likeness (QED) is 0.854. The fourth-order valence-corrected chi connectivity index (χ4v) is 4.31. The number of likely N-dealkylation sites (tertiary alicyclic amines) is 2. The highest BCUT2D eigenvalue weighted by molar-refractivity contribution is 5.78. The third-order valence-electron chi connectivity index (χ3n) is 5.44. The second-order valence-corrected chi connectivity index (χ2v) is 7.71. The average Bonchev–Trinajstić information content (AvgIpc) is 2.55. The van der Waals surface area contributed by atoms with E-state index in [0.717, 1.165) is 26.2 Å². The minimum absolute atomic E-state index is 0.335. The first-order chi connectivity index (χ1) is 11.1. The number of carbonyl (C=O) groups excluding carboxylic acids is 1. The van der Waals surface area contributed by atoms with Gasteiger partial charge in [-0.05, 0) is 55.7 Å². The monoisotopic (exact) mass is 314 g/mol. The van der Waals surface area contributed by atoms with E-state index in [9.17, 15) is 4.79 Å². The van der Waals surface area contributed by atoms with E-state index in [1.807, 2.05) is 0 Å². The molecule has 3 rings (SSSR count). The molecule has 1 amide bonds. The molecule has 0 radical (unpaired) electrons. The molecule has 2 fully saturated rings. The summed E-state index contributed by atoms with van der Waals surface area (Å²) in [5, 5.41) is 0. The van der Waals surface area contributed by atoms with Crippen LogP contribution < -0.4 is 0 Å². The number of amides is 1. The SMILES string of the molecule is CC1CC(C)CN(C(=O)CN2CCC(c3ccccc3)CC2)C1. The summed E-state index contributed by atoms with van der Waals surface area (Å²) in [5.74, 6) is 2.29. The van der Waals surface area contributed by atoms with Crippen molar-refractivity contribution in [2.24, 2.45) is 11.8 Å². The van der Waals surface area contributed by atoms with Crippen LogP contribution in [0.4, 0.5) is 0 Å². The van der Waals surface area contributed by atoms with Crippen molar-refractivity contribution in [2.75, 3.05) is 32.7 Å². The van der Waals surface area contributed by atoms with Crippen LogP contribution in [-0.4, -0.2) is 48.4 Å². The second kappa shape index (κ2) is 7.48. The maximum absolute atomic E-state index is 12.6. The lowest BCUT2D eigenvalue weighted by Crippen LogP contribution is -2.48. The van der Waals surface area contributed by atoms with Crippen LogP contribution in [0.25, 0.3) is 0 Å². The van der Waals surface area contributed by atoms with Gasteiger partial charge < -0.3 is 4.90 Å². The van der Waals surface area contributed by atoms with Gasteiger partial charge in [0.25, 0.3) is 0 Å². The number of hydrogen-bond donors (Lipinski definition) is 0. The van der Waals surface area contributed by atoms with E-state index < -0.39 is 0 Å². The van der Waals surface area contributed by atoms with Crippen LogP contribution in [0, 0.1) is 11.8 Å². The van der Waals surface area contributed by atoms with Gasteiger partial charge in [0, 0.05) is 13.1 Å². The Hall–Kier alpha value is -1.35. The summed E-state index contributed by atoms with van der Waals surface area (Å²) in [6, 6.07) is 10.8. The van der Waals surface area contributed by atoms with Gasteiger partial charge in [0.15, 0.2) is 0 Å². The van der Waals surface area contributed by atoms with Crippen molar-refractivity contribution in [1.29, 1.82) is 0 Å². The van der Waals surface area contributed by atoms with Crippen molar-refractivity contribution >= 4 is 5.91 Å². The van der Waals surface area contributed by atoms with Crippen LogP contribution in [0.3, 0.4) is 0 Å². The fraction of sp³-hybridized carbons (Fsp3) is 0.650. The maximum atomic E-state index is 12.6. The Morgan fingerprint density at radius 2 is 1.65 bits per heavy atom. The summed E-state index contributed by atoms with van der Waals surface area (Å²) in [6.45, 7) is 9.13. The van der Waals surface area contributed by atoms with Crippen LogP contribution >= 0.6 is 0 Å². The second-order valence-electron chi connectivity index (χ2n) is 7.71. The van der Waals surface area contributed by atoms with E-state index in [1.54, 1.807) is 0 Å². The van der Waals surface area contributed by atoms with E-state index in [1.165, 1.54) is 24.8 Å². The standard InChI is InChI=1S/C20H30N2O/c1-16-12-17(2)14-22(13-16)20(23)15-21-10-8-19(9-11-21)18-6-4-3-5-7-18/h3-7,16-17,19H,8-15H2,1-2H3. The van der Waals surface area contributed by atoms with Crippen LogP contribution in [0.5, 0.6) is 0 Å². The van der Waals surface area contributed by atoms with Crippen LogP contribution in [0.1, 0.15) is 44.6 Å². The zero-order chi connectivity index (χ0) is 16.2. The Morgan fingerprint density at radius 3 is 2.26 bits per heavy atom. The summed E-state index contributed by atoms with van der Waals surface area (Å²) in [6.07, 6.45) is 3.60. The summed E-state index contributed by atoms with van der Waals surface area (Å²) >= 11 is 0.